The van der Waals surface area contributed by atoms with Gasteiger partial charge in [0.25, 0.3) is 0 Å². The van der Waals surface area contributed by atoms with Gasteiger partial charge in [0.2, 0.25) is 0 Å². The van der Waals surface area contributed by atoms with Gasteiger partial charge >= 0.3 is 0 Å². The maximum atomic E-state index is 2.29. The molecule has 0 heteroatoms. The highest BCUT2D eigenvalue weighted by Crippen LogP contribution is 2.27. The largest absolute Gasteiger partial charge is 0.0654 e. The average Bonchev–Trinajstić information content (AvgIpc) is 2.03. The predicted molar refractivity (Wildman–Crippen MR) is 48.2 cm³/mol. The molecule has 0 amide bonds. The smallest absolute Gasteiger partial charge is 0 e. The maximum absolute atomic E-state index is 2.29. The van der Waals surface area contributed by atoms with Crippen molar-refractivity contribution in [3.8, 4) is 0 Å². The van der Waals surface area contributed by atoms with Crippen molar-refractivity contribution in [3.05, 3.63) is 0 Å². The van der Waals surface area contributed by atoms with E-state index in [1.165, 1.54) is 51.4 Å². The Morgan fingerprint density at radius 2 is 1.90 bits per heavy atom. The molecule has 0 heterocycles. The molecule has 0 spiro atoms. The Morgan fingerprint density at radius 3 is 2.50 bits per heavy atom. The first-order valence-electron chi connectivity index (χ1n) is 4.93. The summed E-state index contributed by atoms with van der Waals surface area (Å²) in [5.74, 6) is 1.11. The molecule has 0 bridgehead atoms. The van der Waals surface area contributed by atoms with E-state index < -0.39 is 0 Å². The lowest BCUT2D eigenvalue weighted by molar-refractivity contribution is 0.331. The number of hydrogen-bond acceptors (Lipinski definition) is 0. The minimum Gasteiger partial charge on any atom is -0.0654 e. The van der Waals surface area contributed by atoms with Crippen molar-refractivity contribution < 1.29 is 1.43 Å². The van der Waals surface area contributed by atoms with Gasteiger partial charge in [-0.2, -0.15) is 0 Å². The highest BCUT2D eigenvalue weighted by atomic mass is 14.2. The van der Waals surface area contributed by atoms with Gasteiger partial charge in [-0.25, -0.2) is 0 Å². The Kier molecular flexibility index (Phi) is 3.86. The molecular formula is C10H22. The lowest BCUT2D eigenvalue weighted by atomic mass is 9.86. The van der Waals surface area contributed by atoms with Gasteiger partial charge in [0.15, 0.2) is 0 Å². The summed E-state index contributed by atoms with van der Waals surface area (Å²) in [4.78, 5) is 0. The molecule has 62 valence electrons. The summed E-state index contributed by atoms with van der Waals surface area (Å²) in [5, 5.41) is 0. The molecule has 0 aromatic heterocycles. The van der Waals surface area contributed by atoms with Crippen LogP contribution in [0.4, 0.5) is 0 Å². The number of rotatable bonds is 3. The highest BCUT2D eigenvalue weighted by molar-refractivity contribution is 4.65. The normalized spacial score (nSPS) is 21.3. The Hall–Kier alpha value is 0. The number of unbranched alkanes of at least 4 members (excludes halogenated alkanes) is 1. The van der Waals surface area contributed by atoms with Gasteiger partial charge in [-0.15, -0.1) is 0 Å². The standard InChI is InChI=1S/C10H20.H2/c1-2-3-7-10-8-5-4-6-9-10;/h10H,2-9H2,1H3;1H. The van der Waals surface area contributed by atoms with Crippen molar-refractivity contribution >= 4 is 0 Å². The molecule has 0 saturated heterocycles. The van der Waals surface area contributed by atoms with Crippen LogP contribution in [0.25, 0.3) is 0 Å². The number of hydrogen-bond donors (Lipinski definition) is 0. The van der Waals surface area contributed by atoms with Crippen LogP contribution in [0.3, 0.4) is 0 Å². The van der Waals surface area contributed by atoms with Crippen LogP contribution < -0.4 is 0 Å². The first kappa shape index (κ1) is 8.10. The maximum Gasteiger partial charge on any atom is 0 e. The molecule has 1 fully saturated rings. The zero-order valence-corrected chi connectivity index (χ0v) is 7.23. The fourth-order valence-corrected chi connectivity index (χ4v) is 1.97. The molecule has 10 heavy (non-hydrogen) atoms. The molecule has 0 unspecified atom stereocenters. The molecule has 0 aromatic carbocycles. The van der Waals surface area contributed by atoms with Crippen LogP contribution in [0.5, 0.6) is 0 Å². The van der Waals surface area contributed by atoms with Crippen molar-refractivity contribution in [2.45, 2.75) is 58.3 Å². The van der Waals surface area contributed by atoms with E-state index >= 15 is 0 Å². The molecule has 1 rings (SSSR count). The summed E-state index contributed by atoms with van der Waals surface area (Å²) in [7, 11) is 0. The van der Waals surface area contributed by atoms with Crippen LogP contribution in [0, 0.1) is 5.92 Å². The van der Waals surface area contributed by atoms with E-state index in [9.17, 15) is 0 Å². The summed E-state index contributed by atoms with van der Waals surface area (Å²) in [6.45, 7) is 2.29. The van der Waals surface area contributed by atoms with E-state index in [0.29, 0.717) is 0 Å². The quantitative estimate of drug-likeness (QED) is 0.558. The molecular weight excluding hydrogens is 120 g/mol. The van der Waals surface area contributed by atoms with Crippen molar-refractivity contribution in [2.75, 3.05) is 0 Å². The van der Waals surface area contributed by atoms with Crippen molar-refractivity contribution in [2.24, 2.45) is 5.92 Å². The van der Waals surface area contributed by atoms with Gasteiger partial charge < -0.3 is 0 Å². The fourth-order valence-electron chi connectivity index (χ4n) is 1.97. The summed E-state index contributed by atoms with van der Waals surface area (Å²) in [5.41, 5.74) is 0. The van der Waals surface area contributed by atoms with Gasteiger partial charge in [0, 0.05) is 1.43 Å². The van der Waals surface area contributed by atoms with Gasteiger partial charge in [-0.1, -0.05) is 58.3 Å². The van der Waals surface area contributed by atoms with Crippen LogP contribution in [-0.2, 0) is 0 Å². The molecule has 0 aromatic rings. The Balaban J connectivity index is 0.000001000. The van der Waals surface area contributed by atoms with Crippen LogP contribution in [0.2, 0.25) is 0 Å². The SMILES string of the molecule is CCCCC1CCCCC1.[HH]. The zero-order valence-electron chi connectivity index (χ0n) is 7.23. The minimum atomic E-state index is 0. The molecule has 1 saturated carbocycles. The molecule has 0 nitrogen and oxygen atoms in total. The fraction of sp³-hybridized carbons (Fsp3) is 1.00. The molecule has 1 aliphatic carbocycles. The van der Waals surface area contributed by atoms with Gasteiger partial charge in [0.05, 0.1) is 0 Å². The van der Waals surface area contributed by atoms with Crippen LogP contribution in [-0.4, -0.2) is 0 Å². The minimum absolute atomic E-state index is 0. The molecule has 1 aliphatic rings. The first-order valence-corrected chi connectivity index (χ1v) is 4.93. The van der Waals surface area contributed by atoms with Crippen molar-refractivity contribution in [1.29, 1.82) is 0 Å². The first-order chi connectivity index (χ1) is 4.93. The second-order valence-electron chi connectivity index (χ2n) is 3.65. The third-order valence-electron chi connectivity index (χ3n) is 2.69. The summed E-state index contributed by atoms with van der Waals surface area (Å²) >= 11 is 0. The van der Waals surface area contributed by atoms with Gasteiger partial charge in [-0.3, -0.25) is 0 Å². The lowest BCUT2D eigenvalue weighted by Crippen LogP contribution is -2.05. The monoisotopic (exact) mass is 142 g/mol. The second-order valence-corrected chi connectivity index (χ2v) is 3.65. The van der Waals surface area contributed by atoms with E-state index in [1.54, 1.807) is 0 Å². The Morgan fingerprint density at radius 1 is 1.20 bits per heavy atom. The molecule has 0 aliphatic heterocycles. The second kappa shape index (κ2) is 4.76. The van der Waals surface area contributed by atoms with E-state index in [2.05, 4.69) is 6.92 Å². The summed E-state index contributed by atoms with van der Waals surface area (Å²) < 4.78 is 0. The van der Waals surface area contributed by atoms with Gasteiger partial charge in [-0.05, 0) is 5.92 Å². The predicted octanol–water partition coefficient (Wildman–Crippen LogP) is 4.00. The highest BCUT2D eigenvalue weighted by Gasteiger charge is 2.11. The van der Waals surface area contributed by atoms with E-state index in [4.69, 9.17) is 0 Å². The van der Waals surface area contributed by atoms with Crippen LogP contribution in [0.15, 0.2) is 0 Å². The van der Waals surface area contributed by atoms with Crippen LogP contribution in [0.1, 0.15) is 59.7 Å². The van der Waals surface area contributed by atoms with Crippen molar-refractivity contribution in [3.63, 3.8) is 0 Å². The van der Waals surface area contributed by atoms with Crippen molar-refractivity contribution in [1.82, 2.24) is 0 Å². The lowest BCUT2D eigenvalue weighted by Gasteiger charge is -2.20. The summed E-state index contributed by atoms with van der Waals surface area (Å²) in [6.07, 6.45) is 11.9. The van der Waals surface area contributed by atoms with Gasteiger partial charge in [0.1, 0.15) is 0 Å². The average molecular weight is 142 g/mol. The van der Waals surface area contributed by atoms with Crippen LogP contribution >= 0.6 is 0 Å². The molecule has 0 N–H and O–H groups in total. The zero-order chi connectivity index (χ0) is 7.23. The topological polar surface area (TPSA) is 0 Å². The third kappa shape index (κ3) is 2.72. The van der Waals surface area contributed by atoms with E-state index in [0.717, 1.165) is 5.92 Å². The Labute approximate surface area is 66.5 Å². The molecule has 0 radical (unpaired) electrons. The van der Waals surface area contributed by atoms with E-state index in [1.807, 2.05) is 0 Å². The Bertz CT molecular complexity index is 74.9. The molecule has 0 atom stereocenters. The third-order valence-corrected chi connectivity index (χ3v) is 2.69. The van der Waals surface area contributed by atoms with E-state index in [-0.39, 0.29) is 1.43 Å². The summed E-state index contributed by atoms with van der Waals surface area (Å²) in [6, 6.07) is 0.